The van der Waals surface area contributed by atoms with Gasteiger partial charge in [0.05, 0.1) is 20.8 Å². The molecule has 0 bridgehead atoms. The average Bonchev–Trinajstić information content (AvgIpc) is 2.53. The topological polar surface area (TPSA) is 64.1 Å². The number of aliphatic imine (C=N–C) groups is 1. The largest absolute Gasteiger partial charge is 0.493 e. The number of methoxy groups -OCH3 is 2. The fraction of sp³-hybridized carbons (Fsp3) is 0.533. The summed E-state index contributed by atoms with van der Waals surface area (Å²) in [4.78, 5) is 4.16. The van der Waals surface area contributed by atoms with Crippen molar-refractivity contribution in [2.24, 2.45) is 4.99 Å². The van der Waals surface area contributed by atoms with Crippen LogP contribution in [-0.2, 0) is 11.3 Å². The van der Waals surface area contributed by atoms with Crippen LogP contribution in [0.3, 0.4) is 0 Å². The number of guanidine groups is 1. The summed E-state index contributed by atoms with van der Waals surface area (Å²) in [6.07, 6.45) is 0. The van der Waals surface area contributed by atoms with E-state index >= 15 is 0 Å². The third-order valence-electron chi connectivity index (χ3n) is 2.87. The second-order valence-corrected chi connectivity index (χ2v) is 4.24. The van der Waals surface area contributed by atoms with Gasteiger partial charge in [0.1, 0.15) is 0 Å². The number of hydrogen-bond acceptors (Lipinski definition) is 4. The second-order valence-electron chi connectivity index (χ2n) is 4.24. The Morgan fingerprint density at radius 3 is 2.45 bits per heavy atom. The van der Waals surface area contributed by atoms with Crippen LogP contribution in [0, 0.1) is 0 Å². The van der Waals surface area contributed by atoms with Crippen LogP contribution in [0.15, 0.2) is 23.2 Å². The first-order chi connectivity index (χ1) is 10.2. The molecule has 126 valence electrons. The van der Waals surface area contributed by atoms with E-state index in [1.165, 1.54) is 0 Å². The zero-order chi connectivity index (χ0) is 15.5. The molecule has 0 aliphatic carbocycles. The Kier molecular flexibility index (Phi) is 11.7. The van der Waals surface area contributed by atoms with E-state index in [-0.39, 0.29) is 24.0 Å². The van der Waals surface area contributed by atoms with Gasteiger partial charge in [-0.3, -0.25) is 4.99 Å². The zero-order valence-electron chi connectivity index (χ0n) is 13.6. The number of halogens is 1. The summed E-state index contributed by atoms with van der Waals surface area (Å²) < 4.78 is 15.8. The van der Waals surface area contributed by atoms with Gasteiger partial charge in [-0.05, 0) is 24.6 Å². The van der Waals surface area contributed by atoms with Crippen LogP contribution in [0.2, 0.25) is 0 Å². The molecule has 0 spiro atoms. The molecule has 0 heterocycles. The molecule has 0 atom stereocenters. The highest BCUT2D eigenvalue weighted by Crippen LogP contribution is 2.27. The predicted octanol–water partition coefficient (Wildman–Crippen LogP) is 2.02. The van der Waals surface area contributed by atoms with Crippen molar-refractivity contribution in [3.8, 4) is 11.5 Å². The molecule has 6 nitrogen and oxygen atoms in total. The van der Waals surface area contributed by atoms with Crippen molar-refractivity contribution in [2.45, 2.75) is 13.5 Å². The quantitative estimate of drug-likeness (QED) is 0.290. The Morgan fingerprint density at radius 2 is 1.86 bits per heavy atom. The highest BCUT2D eigenvalue weighted by Gasteiger charge is 2.05. The van der Waals surface area contributed by atoms with Gasteiger partial charge in [-0.1, -0.05) is 6.07 Å². The fourth-order valence-corrected chi connectivity index (χ4v) is 1.78. The standard InChI is InChI=1S/C15H25N3O3.HI/c1-5-21-9-8-17-15(16-2)18-11-12-6-7-13(19-3)14(10-12)20-4;/h6-7,10H,5,8-9,11H2,1-4H3,(H2,16,17,18);1H. The van der Waals surface area contributed by atoms with Gasteiger partial charge in [0, 0.05) is 26.7 Å². The third-order valence-corrected chi connectivity index (χ3v) is 2.87. The van der Waals surface area contributed by atoms with Crippen molar-refractivity contribution in [1.82, 2.24) is 10.6 Å². The van der Waals surface area contributed by atoms with Crippen molar-refractivity contribution in [3.05, 3.63) is 23.8 Å². The normalized spacial score (nSPS) is 10.6. The monoisotopic (exact) mass is 423 g/mol. The average molecular weight is 423 g/mol. The number of rotatable bonds is 8. The third kappa shape index (κ3) is 7.17. The SMILES string of the molecule is CCOCCNC(=NC)NCc1ccc(OC)c(OC)c1.I. The number of ether oxygens (including phenoxy) is 3. The minimum Gasteiger partial charge on any atom is -0.493 e. The van der Waals surface area contributed by atoms with E-state index in [1.807, 2.05) is 25.1 Å². The Bertz CT molecular complexity index is 456. The summed E-state index contributed by atoms with van der Waals surface area (Å²) in [7, 11) is 4.99. The van der Waals surface area contributed by atoms with E-state index in [1.54, 1.807) is 21.3 Å². The first kappa shape index (κ1) is 20.8. The number of nitrogens with zero attached hydrogens (tertiary/aromatic N) is 1. The molecule has 2 N–H and O–H groups in total. The summed E-state index contributed by atoms with van der Waals surface area (Å²) in [5.74, 6) is 2.18. The Balaban J connectivity index is 0.00000441. The molecule has 0 aliphatic rings. The molecule has 1 rings (SSSR count). The molecule has 0 fully saturated rings. The molecule has 0 aromatic heterocycles. The van der Waals surface area contributed by atoms with Crippen LogP contribution in [0.1, 0.15) is 12.5 Å². The van der Waals surface area contributed by atoms with Gasteiger partial charge >= 0.3 is 0 Å². The van der Waals surface area contributed by atoms with E-state index in [2.05, 4.69) is 15.6 Å². The summed E-state index contributed by atoms with van der Waals surface area (Å²) in [6, 6.07) is 5.82. The van der Waals surface area contributed by atoms with Crippen LogP contribution >= 0.6 is 24.0 Å². The van der Waals surface area contributed by atoms with Gasteiger partial charge in [0.2, 0.25) is 0 Å². The molecule has 0 amide bonds. The van der Waals surface area contributed by atoms with E-state index in [0.717, 1.165) is 36.2 Å². The van der Waals surface area contributed by atoms with Gasteiger partial charge in [-0.2, -0.15) is 0 Å². The minimum absolute atomic E-state index is 0. The van der Waals surface area contributed by atoms with Crippen molar-refractivity contribution in [2.75, 3.05) is 41.0 Å². The molecular weight excluding hydrogens is 397 g/mol. The van der Waals surface area contributed by atoms with Crippen LogP contribution in [-0.4, -0.2) is 47.0 Å². The first-order valence-electron chi connectivity index (χ1n) is 6.98. The fourth-order valence-electron chi connectivity index (χ4n) is 1.78. The molecule has 0 aliphatic heterocycles. The lowest BCUT2D eigenvalue weighted by Crippen LogP contribution is -2.38. The van der Waals surface area contributed by atoms with Gasteiger partial charge in [-0.25, -0.2) is 0 Å². The Morgan fingerprint density at radius 1 is 1.14 bits per heavy atom. The van der Waals surface area contributed by atoms with Crippen molar-refractivity contribution in [1.29, 1.82) is 0 Å². The molecule has 1 aromatic rings. The van der Waals surface area contributed by atoms with Gasteiger partial charge in [0.15, 0.2) is 17.5 Å². The van der Waals surface area contributed by atoms with Crippen LogP contribution in [0.4, 0.5) is 0 Å². The smallest absolute Gasteiger partial charge is 0.191 e. The van der Waals surface area contributed by atoms with Gasteiger partial charge < -0.3 is 24.8 Å². The molecular formula is C15H26IN3O3. The molecule has 1 aromatic carbocycles. The minimum atomic E-state index is 0. The lowest BCUT2D eigenvalue weighted by atomic mass is 10.2. The highest BCUT2D eigenvalue weighted by atomic mass is 127. The zero-order valence-corrected chi connectivity index (χ0v) is 16.0. The molecule has 7 heteroatoms. The van der Waals surface area contributed by atoms with Crippen LogP contribution in [0.25, 0.3) is 0 Å². The van der Waals surface area contributed by atoms with Crippen molar-refractivity contribution >= 4 is 29.9 Å². The molecule has 0 radical (unpaired) electrons. The Labute approximate surface area is 149 Å². The lowest BCUT2D eigenvalue weighted by molar-refractivity contribution is 0.152. The van der Waals surface area contributed by atoms with Crippen molar-refractivity contribution in [3.63, 3.8) is 0 Å². The first-order valence-corrected chi connectivity index (χ1v) is 6.98. The summed E-state index contributed by atoms with van der Waals surface area (Å²) in [5, 5.41) is 6.42. The van der Waals surface area contributed by atoms with Crippen molar-refractivity contribution < 1.29 is 14.2 Å². The maximum absolute atomic E-state index is 5.29. The summed E-state index contributed by atoms with van der Waals surface area (Å²) in [5.41, 5.74) is 1.08. The van der Waals surface area contributed by atoms with E-state index in [4.69, 9.17) is 14.2 Å². The van der Waals surface area contributed by atoms with Gasteiger partial charge in [0.25, 0.3) is 0 Å². The number of hydrogen-bond donors (Lipinski definition) is 2. The molecule has 0 saturated carbocycles. The van der Waals surface area contributed by atoms with Gasteiger partial charge in [-0.15, -0.1) is 24.0 Å². The van der Waals surface area contributed by atoms with Crippen LogP contribution < -0.4 is 20.1 Å². The molecule has 0 saturated heterocycles. The van der Waals surface area contributed by atoms with E-state index < -0.39 is 0 Å². The number of benzene rings is 1. The van der Waals surface area contributed by atoms with E-state index in [9.17, 15) is 0 Å². The van der Waals surface area contributed by atoms with E-state index in [0.29, 0.717) is 13.2 Å². The molecule has 0 unspecified atom stereocenters. The number of nitrogens with one attached hydrogen (secondary N) is 2. The molecule has 22 heavy (non-hydrogen) atoms. The lowest BCUT2D eigenvalue weighted by Gasteiger charge is -2.13. The maximum atomic E-state index is 5.29. The highest BCUT2D eigenvalue weighted by molar-refractivity contribution is 14.0. The Hall–Kier alpha value is -1.22. The predicted molar refractivity (Wildman–Crippen MR) is 99.7 cm³/mol. The second kappa shape index (κ2) is 12.3. The maximum Gasteiger partial charge on any atom is 0.191 e. The summed E-state index contributed by atoms with van der Waals surface area (Å²) in [6.45, 7) is 4.73. The summed E-state index contributed by atoms with van der Waals surface area (Å²) >= 11 is 0. The van der Waals surface area contributed by atoms with Crippen LogP contribution in [0.5, 0.6) is 11.5 Å².